The van der Waals surface area contributed by atoms with Crippen molar-refractivity contribution in [1.29, 1.82) is 0 Å². The molecule has 0 unspecified atom stereocenters. The molecule has 8 nitrogen and oxygen atoms in total. The fourth-order valence-corrected chi connectivity index (χ4v) is 3.78. The van der Waals surface area contributed by atoms with Gasteiger partial charge in [0.05, 0.1) is 10.9 Å². The number of halogens is 2. The summed E-state index contributed by atoms with van der Waals surface area (Å²) >= 11 is 6.83. The van der Waals surface area contributed by atoms with Crippen LogP contribution < -0.4 is 25.0 Å². The van der Waals surface area contributed by atoms with Crippen LogP contribution in [-0.4, -0.2) is 37.3 Å². The largest absolute Gasteiger partial charge is 0.486 e. The number of ether oxygens (including phenoxy) is 3. The van der Waals surface area contributed by atoms with Crippen molar-refractivity contribution in [3.63, 3.8) is 0 Å². The summed E-state index contributed by atoms with van der Waals surface area (Å²) in [5.74, 6) is 1.10. The summed E-state index contributed by atoms with van der Waals surface area (Å²) < 4.78 is 18.1. The minimum atomic E-state index is -0.431. The van der Waals surface area contributed by atoms with Crippen molar-refractivity contribution in [2.24, 2.45) is 5.10 Å². The van der Waals surface area contributed by atoms with Crippen molar-refractivity contribution < 1.29 is 23.8 Å². The lowest BCUT2D eigenvalue weighted by Gasteiger charge is -2.19. The molecule has 1 aliphatic heterocycles. The van der Waals surface area contributed by atoms with Crippen LogP contribution in [0, 0.1) is 6.92 Å². The van der Waals surface area contributed by atoms with Crippen LogP contribution in [0.4, 0.5) is 5.69 Å². The molecule has 0 aromatic heterocycles. The molecule has 1 aliphatic rings. The highest BCUT2D eigenvalue weighted by molar-refractivity contribution is 9.11. The number of aryl methyl sites for hydroxylation is 1. The van der Waals surface area contributed by atoms with E-state index < -0.39 is 5.91 Å². The molecule has 0 atom stereocenters. The molecule has 0 bridgehead atoms. The second-order valence-electron chi connectivity index (χ2n) is 6.79. The quantitative estimate of drug-likeness (QED) is 0.395. The van der Waals surface area contributed by atoms with Crippen LogP contribution in [0.25, 0.3) is 0 Å². The van der Waals surface area contributed by atoms with E-state index in [9.17, 15) is 9.59 Å². The lowest BCUT2D eigenvalue weighted by molar-refractivity contribution is -0.123. The van der Waals surface area contributed by atoms with Crippen molar-refractivity contribution in [3.8, 4) is 17.2 Å². The number of nitrogens with zero attached hydrogens (tertiary/aromatic N) is 1. The van der Waals surface area contributed by atoms with Gasteiger partial charge in [-0.2, -0.15) is 5.10 Å². The first kappa shape index (κ1) is 23.1. The van der Waals surface area contributed by atoms with Crippen LogP contribution in [0.5, 0.6) is 17.2 Å². The number of hydrogen-bond acceptors (Lipinski definition) is 6. The molecule has 0 saturated carbocycles. The van der Waals surface area contributed by atoms with E-state index >= 15 is 0 Å². The Morgan fingerprint density at radius 2 is 1.81 bits per heavy atom. The minimum absolute atomic E-state index is 0.0209. The van der Waals surface area contributed by atoms with E-state index in [1.54, 1.807) is 25.1 Å². The normalized spacial score (nSPS) is 12.8. The molecule has 0 fully saturated rings. The second kappa shape index (κ2) is 10.6. The van der Waals surface area contributed by atoms with Crippen molar-refractivity contribution in [2.45, 2.75) is 20.3 Å². The third kappa shape index (κ3) is 6.70. The van der Waals surface area contributed by atoms with Crippen LogP contribution in [0.2, 0.25) is 0 Å². The molecule has 164 valence electrons. The SMILES string of the molecule is CC(CC(=O)Nc1ccc2c(c1)OCCO2)=NNC(=O)COc1cc(C)c(Br)cc1Br. The van der Waals surface area contributed by atoms with Gasteiger partial charge in [-0.3, -0.25) is 9.59 Å². The van der Waals surface area contributed by atoms with E-state index in [-0.39, 0.29) is 18.9 Å². The van der Waals surface area contributed by atoms with Crippen molar-refractivity contribution in [3.05, 3.63) is 44.8 Å². The predicted octanol–water partition coefficient (Wildman–Crippen LogP) is 4.19. The standard InChI is InChI=1S/C21H21Br2N3O5/c1-12-7-18(16(23)10-15(12)22)31-11-21(28)26-25-13(2)8-20(27)24-14-3-4-17-19(9-14)30-6-5-29-17/h3-4,7,9-10H,5-6,8,11H2,1-2H3,(H,24,27)(H,26,28). The molecule has 0 aliphatic carbocycles. The number of amides is 2. The molecule has 0 radical (unpaired) electrons. The highest BCUT2D eigenvalue weighted by atomic mass is 79.9. The first-order chi connectivity index (χ1) is 14.8. The zero-order valence-corrected chi connectivity index (χ0v) is 20.1. The van der Waals surface area contributed by atoms with Crippen molar-refractivity contribution in [1.82, 2.24) is 5.43 Å². The maximum atomic E-state index is 12.2. The summed E-state index contributed by atoms with van der Waals surface area (Å²) in [5.41, 5.74) is 4.41. The average Bonchev–Trinajstić information content (AvgIpc) is 2.73. The second-order valence-corrected chi connectivity index (χ2v) is 8.49. The van der Waals surface area contributed by atoms with Gasteiger partial charge in [0.15, 0.2) is 18.1 Å². The maximum absolute atomic E-state index is 12.2. The van der Waals surface area contributed by atoms with Gasteiger partial charge in [-0.1, -0.05) is 15.9 Å². The third-order valence-electron chi connectivity index (χ3n) is 4.19. The molecule has 0 saturated heterocycles. The number of fused-ring (bicyclic) bond motifs is 1. The molecule has 1 heterocycles. The lowest BCUT2D eigenvalue weighted by atomic mass is 10.2. The van der Waals surface area contributed by atoms with Gasteiger partial charge in [0.1, 0.15) is 19.0 Å². The molecule has 0 spiro atoms. The van der Waals surface area contributed by atoms with Gasteiger partial charge in [0.25, 0.3) is 5.91 Å². The number of hydrazone groups is 1. The fourth-order valence-electron chi connectivity index (χ4n) is 2.67. The lowest BCUT2D eigenvalue weighted by Crippen LogP contribution is -2.26. The Kier molecular flexibility index (Phi) is 7.91. The Bertz CT molecular complexity index is 1030. The average molecular weight is 555 g/mol. The van der Waals surface area contributed by atoms with Crippen LogP contribution in [0.3, 0.4) is 0 Å². The molecular weight excluding hydrogens is 534 g/mol. The Labute approximate surface area is 196 Å². The van der Waals surface area contributed by atoms with E-state index in [2.05, 4.69) is 47.7 Å². The molecule has 2 aromatic rings. The zero-order valence-electron chi connectivity index (χ0n) is 17.0. The van der Waals surface area contributed by atoms with Crippen molar-refractivity contribution >= 4 is 55.1 Å². The molecule has 3 rings (SSSR count). The van der Waals surface area contributed by atoms with Crippen molar-refractivity contribution in [2.75, 3.05) is 25.1 Å². The number of carbonyl (C=O) groups excluding carboxylic acids is 2. The van der Waals surface area contributed by atoms with E-state index in [1.807, 2.05) is 19.1 Å². The predicted molar refractivity (Wildman–Crippen MR) is 124 cm³/mol. The third-order valence-corrected chi connectivity index (χ3v) is 5.66. The maximum Gasteiger partial charge on any atom is 0.277 e. The first-order valence-corrected chi connectivity index (χ1v) is 11.0. The van der Waals surface area contributed by atoms with Crippen LogP contribution in [0.15, 0.2) is 44.4 Å². The summed E-state index contributed by atoms with van der Waals surface area (Å²) in [6.07, 6.45) is 0.0209. The zero-order chi connectivity index (χ0) is 22.4. The van der Waals surface area contributed by atoms with Gasteiger partial charge in [0.2, 0.25) is 5.91 Å². The fraction of sp³-hybridized carbons (Fsp3) is 0.286. The smallest absolute Gasteiger partial charge is 0.277 e. The van der Waals surface area contributed by atoms with Gasteiger partial charge in [-0.05, 0) is 59.6 Å². The topological polar surface area (TPSA) is 98.3 Å². The van der Waals surface area contributed by atoms with Crippen LogP contribution >= 0.6 is 31.9 Å². The number of anilines is 1. The summed E-state index contributed by atoms with van der Waals surface area (Å²) in [7, 11) is 0. The minimum Gasteiger partial charge on any atom is -0.486 e. The van der Waals surface area contributed by atoms with Gasteiger partial charge in [-0.25, -0.2) is 5.43 Å². The highest BCUT2D eigenvalue weighted by Gasteiger charge is 2.13. The van der Waals surface area contributed by atoms with E-state index in [4.69, 9.17) is 14.2 Å². The van der Waals surface area contributed by atoms with E-state index in [0.29, 0.717) is 41.9 Å². The summed E-state index contributed by atoms with van der Waals surface area (Å²) in [6.45, 7) is 4.34. The number of nitrogens with one attached hydrogen (secondary N) is 2. The molecule has 2 aromatic carbocycles. The molecular formula is C21H21Br2N3O5. The summed E-state index contributed by atoms with van der Waals surface area (Å²) in [4.78, 5) is 24.2. The van der Waals surface area contributed by atoms with Gasteiger partial charge < -0.3 is 19.5 Å². The molecule has 10 heteroatoms. The Hall–Kier alpha value is -2.59. The summed E-state index contributed by atoms with van der Waals surface area (Å²) in [5, 5.41) is 6.73. The Balaban J connectivity index is 1.46. The number of benzene rings is 2. The first-order valence-electron chi connectivity index (χ1n) is 9.42. The Morgan fingerprint density at radius 3 is 2.58 bits per heavy atom. The Morgan fingerprint density at radius 1 is 1.06 bits per heavy atom. The number of carbonyl (C=O) groups is 2. The van der Waals surface area contributed by atoms with E-state index in [1.165, 1.54) is 0 Å². The number of rotatable bonds is 7. The van der Waals surface area contributed by atoms with Crippen LogP contribution in [0.1, 0.15) is 18.9 Å². The molecule has 31 heavy (non-hydrogen) atoms. The van der Waals surface area contributed by atoms with Gasteiger partial charge in [0, 0.05) is 21.9 Å². The highest BCUT2D eigenvalue weighted by Crippen LogP contribution is 2.33. The van der Waals surface area contributed by atoms with E-state index in [0.717, 1.165) is 14.5 Å². The molecule has 2 N–H and O–H groups in total. The number of hydrogen-bond donors (Lipinski definition) is 2. The summed E-state index contributed by atoms with van der Waals surface area (Å²) in [6, 6.07) is 8.86. The van der Waals surface area contributed by atoms with Crippen LogP contribution in [-0.2, 0) is 9.59 Å². The monoisotopic (exact) mass is 553 g/mol. The van der Waals surface area contributed by atoms with Gasteiger partial charge in [-0.15, -0.1) is 0 Å². The molecule has 2 amide bonds. The van der Waals surface area contributed by atoms with Gasteiger partial charge >= 0.3 is 0 Å².